The second-order valence-corrected chi connectivity index (χ2v) is 5.39. The fourth-order valence-electron chi connectivity index (χ4n) is 2.76. The van der Waals surface area contributed by atoms with Crippen molar-refractivity contribution in [2.24, 2.45) is 0 Å². The van der Waals surface area contributed by atoms with E-state index in [0.717, 1.165) is 30.7 Å². The standard InChI is InChI=1S/C16H24O/c1-3-11-16(17,4-2)15-10-6-9-14(12-15)13-7-5-8-13/h6,9-10,12-13,17H,3-5,7-8,11H2,1-2H3. The lowest BCUT2D eigenvalue weighted by molar-refractivity contribution is 0.0225. The highest BCUT2D eigenvalue weighted by atomic mass is 16.3. The Morgan fingerprint density at radius 2 is 2.06 bits per heavy atom. The largest absolute Gasteiger partial charge is 0.385 e. The fourth-order valence-corrected chi connectivity index (χ4v) is 2.76. The van der Waals surface area contributed by atoms with Crippen molar-refractivity contribution in [3.63, 3.8) is 0 Å². The minimum absolute atomic E-state index is 0.617. The number of rotatable bonds is 5. The maximum Gasteiger partial charge on any atom is 0.0893 e. The van der Waals surface area contributed by atoms with Crippen LogP contribution in [0.5, 0.6) is 0 Å². The van der Waals surface area contributed by atoms with Gasteiger partial charge in [0.1, 0.15) is 0 Å². The Morgan fingerprint density at radius 3 is 2.59 bits per heavy atom. The first kappa shape index (κ1) is 12.6. The summed E-state index contributed by atoms with van der Waals surface area (Å²) in [5, 5.41) is 10.7. The third kappa shape index (κ3) is 2.55. The molecule has 1 aliphatic carbocycles. The zero-order valence-electron chi connectivity index (χ0n) is 11.1. The van der Waals surface area contributed by atoms with E-state index in [1.165, 1.54) is 24.8 Å². The summed E-state index contributed by atoms with van der Waals surface area (Å²) in [5.74, 6) is 0.748. The van der Waals surface area contributed by atoms with E-state index in [-0.39, 0.29) is 0 Å². The van der Waals surface area contributed by atoms with Crippen LogP contribution in [-0.2, 0) is 5.60 Å². The topological polar surface area (TPSA) is 20.2 Å². The van der Waals surface area contributed by atoms with E-state index in [1.807, 2.05) is 0 Å². The molecular weight excluding hydrogens is 208 g/mol. The van der Waals surface area contributed by atoms with E-state index in [4.69, 9.17) is 0 Å². The molecule has 1 unspecified atom stereocenters. The minimum Gasteiger partial charge on any atom is -0.385 e. The molecule has 0 bridgehead atoms. The van der Waals surface area contributed by atoms with Crippen molar-refractivity contribution in [2.45, 2.75) is 63.9 Å². The lowest BCUT2D eigenvalue weighted by Crippen LogP contribution is -2.24. The maximum absolute atomic E-state index is 10.7. The minimum atomic E-state index is -0.617. The van der Waals surface area contributed by atoms with Crippen LogP contribution in [0.1, 0.15) is 69.4 Å². The van der Waals surface area contributed by atoms with Crippen LogP contribution in [0.15, 0.2) is 24.3 Å². The predicted molar refractivity (Wildman–Crippen MR) is 72.1 cm³/mol. The molecule has 0 radical (unpaired) electrons. The molecular formula is C16H24O. The number of hydrogen-bond acceptors (Lipinski definition) is 1. The molecule has 2 rings (SSSR count). The molecule has 0 amide bonds. The molecule has 1 aliphatic rings. The van der Waals surface area contributed by atoms with Crippen molar-refractivity contribution >= 4 is 0 Å². The number of aliphatic hydroxyl groups is 1. The molecule has 17 heavy (non-hydrogen) atoms. The molecule has 1 atom stereocenters. The van der Waals surface area contributed by atoms with Crippen LogP contribution in [0.4, 0.5) is 0 Å². The van der Waals surface area contributed by atoms with Gasteiger partial charge >= 0.3 is 0 Å². The van der Waals surface area contributed by atoms with E-state index < -0.39 is 5.60 Å². The molecule has 1 N–H and O–H groups in total. The Morgan fingerprint density at radius 1 is 1.29 bits per heavy atom. The van der Waals surface area contributed by atoms with Gasteiger partial charge in [0.05, 0.1) is 5.60 Å². The van der Waals surface area contributed by atoms with Crippen LogP contribution in [0.2, 0.25) is 0 Å². The summed E-state index contributed by atoms with van der Waals surface area (Å²) in [5.41, 5.74) is 1.93. The van der Waals surface area contributed by atoms with Gasteiger partial charge in [-0.15, -0.1) is 0 Å². The van der Waals surface area contributed by atoms with Gasteiger partial charge in [-0.3, -0.25) is 0 Å². The normalized spacial score (nSPS) is 19.7. The Labute approximate surface area is 105 Å². The van der Waals surface area contributed by atoms with Crippen molar-refractivity contribution in [3.05, 3.63) is 35.4 Å². The van der Waals surface area contributed by atoms with E-state index >= 15 is 0 Å². The van der Waals surface area contributed by atoms with Gasteiger partial charge in [-0.1, -0.05) is 51.0 Å². The molecule has 1 fully saturated rings. The number of hydrogen-bond donors (Lipinski definition) is 1. The van der Waals surface area contributed by atoms with Crippen LogP contribution >= 0.6 is 0 Å². The van der Waals surface area contributed by atoms with Crippen molar-refractivity contribution in [3.8, 4) is 0 Å². The van der Waals surface area contributed by atoms with Gasteiger partial charge in [-0.2, -0.15) is 0 Å². The van der Waals surface area contributed by atoms with Crippen molar-refractivity contribution in [2.75, 3.05) is 0 Å². The third-order valence-corrected chi connectivity index (χ3v) is 4.25. The van der Waals surface area contributed by atoms with Gasteiger partial charge in [0.2, 0.25) is 0 Å². The molecule has 0 spiro atoms. The molecule has 1 saturated carbocycles. The summed E-state index contributed by atoms with van der Waals surface area (Å²) >= 11 is 0. The SMILES string of the molecule is CCCC(O)(CC)c1cccc(C2CCC2)c1. The summed E-state index contributed by atoms with van der Waals surface area (Å²) in [4.78, 5) is 0. The first-order chi connectivity index (χ1) is 8.19. The predicted octanol–water partition coefficient (Wildman–Crippen LogP) is 4.35. The molecule has 0 aromatic heterocycles. The molecule has 94 valence electrons. The van der Waals surface area contributed by atoms with Crippen molar-refractivity contribution in [1.29, 1.82) is 0 Å². The van der Waals surface area contributed by atoms with Gasteiger partial charge in [-0.25, -0.2) is 0 Å². The Kier molecular flexibility index (Phi) is 3.88. The van der Waals surface area contributed by atoms with E-state index in [9.17, 15) is 5.11 Å². The zero-order chi connectivity index (χ0) is 12.3. The van der Waals surface area contributed by atoms with Gasteiger partial charge in [0.15, 0.2) is 0 Å². The third-order valence-electron chi connectivity index (χ3n) is 4.25. The average molecular weight is 232 g/mol. The smallest absolute Gasteiger partial charge is 0.0893 e. The van der Waals surface area contributed by atoms with Crippen LogP contribution in [0.25, 0.3) is 0 Å². The van der Waals surface area contributed by atoms with Crippen LogP contribution in [-0.4, -0.2) is 5.11 Å². The Balaban J connectivity index is 2.24. The van der Waals surface area contributed by atoms with E-state index in [2.05, 4.69) is 38.1 Å². The Bertz CT molecular complexity index is 368. The van der Waals surface area contributed by atoms with Gasteiger partial charge in [0.25, 0.3) is 0 Å². The highest BCUT2D eigenvalue weighted by Gasteiger charge is 2.27. The summed E-state index contributed by atoms with van der Waals surface area (Å²) in [6, 6.07) is 8.65. The molecule has 1 nitrogen and oxygen atoms in total. The van der Waals surface area contributed by atoms with Crippen molar-refractivity contribution in [1.82, 2.24) is 0 Å². The van der Waals surface area contributed by atoms with E-state index in [0.29, 0.717) is 0 Å². The first-order valence-electron chi connectivity index (χ1n) is 7.02. The maximum atomic E-state index is 10.7. The second kappa shape index (κ2) is 5.22. The summed E-state index contributed by atoms with van der Waals surface area (Å²) in [7, 11) is 0. The molecule has 1 heteroatoms. The molecule has 1 aromatic carbocycles. The van der Waals surface area contributed by atoms with Crippen LogP contribution in [0, 0.1) is 0 Å². The van der Waals surface area contributed by atoms with Gasteiger partial charge in [-0.05, 0) is 42.7 Å². The highest BCUT2D eigenvalue weighted by molar-refractivity contribution is 5.31. The first-order valence-corrected chi connectivity index (χ1v) is 7.02. The fraction of sp³-hybridized carbons (Fsp3) is 0.625. The number of benzene rings is 1. The molecule has 0 heterocycles. The summed E-state index contributed by atoms with van der Waals surface area (Å²) < 4.78 is 0. The molecule has 0 aliphatic heterocycles. The van der Waals surface area contributed by atoms with Crippen LogP contribution in [0.3, 0.4) is 0 Å². The quantitative estimate of drug-likeness (QED) is 0.800. The summed E-state index contributed by atoms with van der Waals surface area (Å²) in [6.07, 6.45) is 6.69. The lowest BCUT2D eigenvalue weighted by Gasteiger charge is -2.30. The Hall–Kier alpha value is -0.820. The molecule has 1 aromatic rings. The van der Waals surface area contributed by atoms with Gasteiger partial charge in [0, 0.05) is 0 Å². The van der Waals surface area contributed by atoms with E-state index in [1.54, 1.807) is 0 Å². The highest BCUT2D eigenvalue weighted by Crippen LogP contribution is 2.38. The average Bonchev–Trinajstić information content (AvgIpc) is 2.27. The van der Waals surface area contributed by atoms with Crippen LogP contribution < -0.4 is 0 Å². The van der Waals surface area contributed by atoms with Crippen molar-refractivity contribution < 1.29 is 5.11 Å². The molecule has 0 saturated heterocycles. The second-order valence-electron chi connectivity index (χ2n) is 5.39. The van der Waals surface area contributed by atoms with Gasteiger partial charge < -0.3 is 5.11 Å². The summed E-state index contributed by atoms with van der Waals surface area (Å²) in [6.45, 7) is 4.21. The monoisotopic (exact) mass is 232 g/mol. The zero-order valence-corrected chi connectivity index (χ0v) is 11.1. The lowest BCUT2D eigenvalue weighted by atomic mass is 9.78.